The number of hydrogen-bond acceptors (Lipinski definition) is 13. The van der Waals surface area contributed by atoms with Crippen LogP contribution in [-0.4, -0.2) is 53.5 Å². The topological polar surface area (TPSA) is 228 Å². The maximum absolute atomic E-state index is 12.5. The molecule has 0 aliphatic carbocycles. The number of anilines is 1. The van der Waals surface area contributed by atoms with Gasteiger partial charge in [0, 0.05) is 0 Å². The van der Waals surface area contributed by atoms with Crippen molar-refractivity contribution in [2.45, 2.75) is 35.0 Å². The third-order valence-corrected chi connectivity index (χ3v) is 11.1. The van der Waals surface area contributed by atoms with Gasteiger partial charge in [0.15, 0.2) is 25.4 Å². The molecule has 0 bridgehead atoms. The Hall–Kier alpha value is -4.45. The number of benzene rings is 4. The first-order valence-corrected chi connectivity index (χ1v) is 18.0. The van der Waals surface area contributed by atoms with Crippen LogP contribution in [0.15, 0.2) is 95.8 Å². The molecule has 0 saturated carbocycles. The Balaban J connectivity index is 1.85. The number of rotatable bonds is 11. The predicted molar refractivity (Wildman–Crippen MR) is 168 cm³/mol. The second-order valence-corrected chi connectivity index (χ2v) is 15.4. The molecule has 0 amide bonds. The van der Waals surface area contributed by atoms with Crippen LogP contribution in [0.3, 0.4) is 0 Å². The maximum Gasteiger partial charge on any atom is 0.296 e. The number of nitrogens with two attached hydrogens (primary N) is 1. The molecule has 14 nitrogen and oxygen atoms in total. The second kappa shape index (κ2) is 12.9. The van der Waals surface area contributed by atoms with Gasteiger partial charge in [0.1, 0.15) is 27.7 Å². The minimum absolute atomic E-state index is 0.00651. The lowest BCUT2D eigenvalue weighted by atomic mass is 10.1. The lowest BCUT2D eigenvalue weighted by molar-refractivity contribution is 0.415. The molecule has 4 N–H and O–H groups in total. The number of ether oxygens (including phenoxy) is 1. The van der Waals surface area contributed by atoms with E-state index in [1.54, 1.807) is 6.92 Å². The van der Waals surface area contributed by atoms with Crippen molar-refractivity contribution in [2.75, 3.05) is 24.3 Å². The number of fused-ring (bicyclic) bond motifs is 1. The number of aromatic hydroxyl groups is 1. The summed E-state index contributed by atoms with van der Waals surface area (Å²) in [4.78, 5) is -0.726. The van der Waals surface area contributed by atoms with Crippen molar-refractivity contribution in [3.05, 3.63) is 60.7 Å². The number of nitrogen functional groups attached to an aromatic ring is 1. The normalized spacial score (nSPS) is 12.8. The highest BCUT2D eigenvalue weighted by atomic mass is 32.2. The van der Waals surface area contributed by atoms with E-state index in [0.29, 0.717) is 6.42 Å². The first-order valence-electron chi connectivity index (χ1n) is 13.3. The molecule has 0 aliphatic rings. The van der Waals surface area contributed by atoms with Crippen LogP contribution in [-0.2, 0) is 29.8 Å². The summed E-state index contributed by atoms with van der Waals surface area (Å²) >= 11 is 0. The number of phenols is 1. The van der Waals surface area contributed by atoms with E-state index < -0.39 is 46.1 Å². The Morgan fingerprint density at radius 3 is 2.13 bits per heavy atom. The summed E-state index contributed by atoms with van der Waals surface area (Å²) in [6.07, 6.45) is 0.394. The van der Waals surface area contributed by atoms with E-state index in [1.807, 2.05) is 0 Å². The molecule has 238 valence electrons. The van der Waals surface area contributed by atoms with Crippen molar-refractivity contribution < 1.29 is 39.6 Å². The Labute approximate surface area is 259 Å². The minimum atomic E-state index is -4.90. The molecule has 0 heterocycles. The molecule has 0 aliphatic heterocycles. The fraction of sp³-hybridized carbons (Fsp3) is 0.214. The zero-order valence-corrected chi connectivity index (χ0v) is 26.7. The maximum atomic E-state index is 12.5. The van der Waals surface area contributed by atoms with E-state index in [4.69, 9.17) is 10.5 Å². The van der Waals surface area contributed by atoms with Crippen LogP contribution < -0.4 is 10.5 Å². The molecule has 4 rings (SSSR count). The highest BCUT2D eigenvalue weighted by molar-refractivity contribution is 7.91. The predicted octanol–water partition coefficient (Wildman–Crippen LogP) is 6.19. The Kier molecular flexibility index (Phi) is 9.57. The molecule has 0 atom stereocenters. The van der Waals surface area contributed by atoms with Crippen molar-refractivity contribution in [1.29, 1.82) is 0 Å². The molecule has 0 fully saturated rings. The van der Waals surface area contributed by atoms with Crippen molar-refractivity contribution in [1.82, 2.24) is 0 Å². The third-order valence-electron chi connectivity index (χ3n) is 6.58. The monoisotopic (exact) mass is 675 g/mol. The molecule has 0 radical (unpaired) electrons. The van der Waals surface area contributed by atoms with E-state index in [2.05, 4.69) is 20.5 Å². The van der Waals surface area contributed by atoms with Crippen LogP contribution >= 0.6 is 0 Å². The molecule has 0 saturated heterocycles. The molecular weight excluding hydrogens is 647 g/mol. The summed E-state index contributed by atoms with van der Waals surface area (Å²) in [7, 11) is -10.7. The summed E-state index contributed by atoms with van der Waals surface area (Å²) in [6, 6.07) is 13.3. The minimum Gasteiger partial charge on any atom is -0.505 e. The van der Waals surface area contributed by atoms with E-state index in [1.165, 1.54) is 68.6 Å². The van der Waals surface area contributed by atoms with Gasteiger partial charge < -0.3 is 15.6 Å². The fourth-order valence-electron chi connectivity index (χ4n) is 4.29. The summed E-state index contributed by atoms with van der Waals surface area (Å²) in [6.45, 7) is 3.21. The third kappa shape index (κ3) is 7.11. The summed E-state index contributed by atoms with van der Waals surface area (Å²) in [5.74, 6) is -0.556. The van der Waals surface area contributed by atoms with E-state index in [0.717, 1.165) is 6.07 Å². The van der Waals surface area contributed by atoms with Gasteiger partial charge in [-0.15, -0.1) is 15.3 Å². The van der Waals surface area contributed by atoms with Gasteiger partial charge in [-0.05, 0) is 60.3 Å². The highest BCUT2D eigenvalue weighted by Gasteiger charge is 2.24. The summed E-state index contributed by atoms with van der Waals surface area (Å²) < 4.78 is 89.4. The smallest absolute Gasteiger partial charge is 0.296 e. The Morgan fingerprint density at radius 2 is 1.49 bits per heavy atom. The lowest BCUT2D eigenvalue weighted by Crippen LogP contribution is -2.05. The zero-order chi connectivity index (χ0) is 33.2. The van der Waals surface area contributed by atoms with E-state index in [9.17, 15) is 34.9 Å². The van der Waals surface area contributed by atoms with Gasteiger partial charge in [-0.25, -0.2) is 16.8 Å². The molecule has 45 heavy (non-hydrogen) atoms. The molecule has 0 unspecified atom stereocenters. The van der Waals surface area contributed by atoms with Crippen LogP contribution in [0.5, 0.6) is 11.5 Å². The molecule has 17 heteroatoms. The fourth-order valence-corrected chi connectivity index (χ4v) is 7.22. The van der Waals surface area contributed by atoms with Gasteiger partial charge in [0.25, 0.3) is 10.1 Å². The summed E-state index contributed by atoms with van der Waals surface area (Å²) in [5, 5.41) is 27.1. The highest BCUT2D eigenvalue weighted by Crippen LogP contribution is 2.46. The van der Waals surface area contributed by atoms with Crippen molar-refractivity contribution >= 4 is 69.0 Å². The molecule has 4 aromatic rings. The second-order valence-electron chi connectivity index (χ2n) is 9.60. The molecule has 0 aromatic heterocycles. The number of hydrogen-bond donors (Lipinski definition) is 3. The van der Waals surface area contributed by atoms with Crippen molar-refractivity contribution in [3.8, 4) is 11.5 Å². The quantitative estimate of drug-likeness (QED) is 0.0927. The van der Waals surface area contributed by atoms with Gasteiger partial charge in [-0.3, -0.25) is 4.55 Å². The number of phenolic OH excluding ortho intramolecular Hbond substituents is 1. The number of azo groups is 2. The van der Waals surface area contributed by atoms with Gasteiger partial charge in [0.2, 0.25) is 0 Å². The number of sulfone groups is 2. The molecule has 0 spiro atoms. The van der Waals surface area contributed by atoms with Gasteiger partial charge in [-0.1, -0.05) is 26.0 Å². The first kappa shape index (κ1) is 33.4. The summed E-state index contributed by atoms with van der Waals surface area (Å²) in [5.41, 5.74) is 5.36. The number of nitrogens with zero attached hydrogens (tertiary/aromatic N) is 4. The van der Waals surface area contributed by atoms with Gasteiger partial charge in [-0.2, -0.15) is 13.5 Å². The molecule has 4 aromatic carbocycles. The average Bonchev–Trinajstić information content (AvgIpc) is 2.99. The molecular formula is C28H29N5O9S3. The first-order chi connectivity index (χ1) is 21.1. The standard InChI is InChI=1S/C28H29N5O9S3/c1-4-13-44(37,38)19-8-6-7-18(15-19)30-33-27-24(45(39,40)41)14-17-9-11-21(28(34)25(17)26(27)29)31-32-22-16-20(43(35,36)5-2)10-12-23(22)42-3/h6-12,14-16,34H,4-5,13,29H2,1-3H3,(H,39,40,41). The SMILES string of the molecule is CCCS(=O)(=O)c1cccc(N=Nc2c(S(=O)(=O)O)cc3ccc(N=Nc4cc(S(=O)(=O)CC)ccc4OC)c(O)c3c2N)c1. The van der Waals surface area contributed by atoms with Gasteiger partial charge in [0.05, 0.1) is 45.2 Å². The van der Waals surface area contributed by atoms with Crippen molar-refractivity contribution in [3.63, 3.8) is 0 Å². The Bertz CT molecular complexity index is 2180. The Morgan fingerprint density at radius 1 is 0.800 bits per heavy atom. The lowest BCUT2D eigenvalue weighted by Gasteiger charge is -2.12. The van der Waals surface area contributed by atoms with Crippen LogP contribution in [0.1, 0.15) is 20.3 Å². The van der Waals surface area contributed by atoms with Gasteiger partial charge >= 0.3 is 0 Å². The van der Waals surface area contributed by atoms with Crippen LogP contribution in [0.2, 0.25) is 0 Å². The van der Waals surface area contributed by atoms with E-state index in [-0.39, 0.29) is 60.6 Å². The van der Waals surface area contributed by atoms with Crippen LogP contribution in [0.25, 0.3) is 10.8 Å². The van der Waals surface area contributed by atoms with Crippen LogP contribution in [0.4, 0.5) is 28.4 Å². The number of methoxy groups -OCH3 is 1. The van der Waals surface area contributed by atoms with Crippen LogP contribution in [0, 0.1) is 0 Å². The zero-order valence-electron chi connectivity index (χ0n) is 24.2. The van der Waals surface area contributed by atoms with Crippen molar-refractivity contribution in [2.24, 2.45) is 20.5 Å². The van der Waals surface area contributed by atoms with E-state index >= 15 is 0 Å². The average molecular weight is 676 g/mol. The largest absolute Gasteiger partial charge is 0.505 e.